The number of nitrogens with one attached hydrogen (secondary N) is 2. The van der Waals surface area contributed by atoms with Gasteiger partial charge in [0.1, 0.15) is 5.82 Å². The van der Waals surface area contributed by atoms with Crippen LogP contribution in [-0.4, -0.2) is 65.5 Å². The van der Waals surface area contributed by atoms with Gasteiger partial charge in [0.25, 0.3) is 0 Å². The van der Waals surface area contributed by atoms with Crippen molar-refractivity contribution >= 4 is 17.3 Å². The van der Waals surface area contributed by atoms with Crippen LogP contribution in [0, 0.1) is 13.8 Å². The summed E-state index contributed by atoms with van der Waals surface area (Å²) in [6.07, 6.45) is 0. The summed E-state index contributed by atoms with van der Waals surface area (Å²) in [5.74, 6) is 2.55. The number of rotatable bonds is 6. The van der Waals surface area contributed by atoms with Crippen LogP contribution >= 0.6 is 11.3 Å². The Balaban J connectivity index is 1.61. The van der Waals surface area contributed by atoms with Crippen molar-refractivity contribution in [1.82, 2.24) is 30.3 Å². The number of aryl methyl sites for hydroxylation is 2. The molecule has 2 N–H and O–H groups in total. The standard InChI is InChI=1S/C18H29N7OS/c1-13-5-6-16(27-13)15(25-7-9-26-10-8-25)11-20-18(19-3)21-12-17-23-22-14(2)24(17)4/h5-6,15H,7-12H2,1-4H3,(H2,19,20,21). The molecule has 0 radical (unpaired) electrons. The zero-order valence-corrected chi connectivity index (χ0v) is 17.3. The second-order valence-electron chi connectivity index (χ2n) is 6.64. The molecule has 0 aromatic carbocycles. The predicted octanol–water partition coefficient (Wildman–Crippen LogP) is 1.23. The molecular formula is C18H29N7OS. The number of nitrogens with zero attached hydrogens (tertiary/aromatic N) is 5. The van der Waals surface area contributed by atoms with E-state index in [1.54, 1.807) is 7.05 Å². The summed E-state index contributed by atoms with van der Waals surface area (Å²) in [5.41, 5.74) is 0. The quantitative estimate of drug-likeness (QED) is 0.570. The molecule has 1 unspecified atom stereocenters. The maximum absolute atomic E-state index is 5.53. The molecule has 1 saturated heterocycles. The molecule has 8 nitrogen and oxygen atoms in total. The average Bonchev–Trinajstić information content (AvgIpc) is 3.25. The Hall–Kier alpha value is -1.97. The second kappa shape index (κ2) is 9.29. The fraction of sp³-hybridized carbons (Fsp3) is 0.611. The minimum Gasteiger partial charge on any atom is -0.379 e. The van der Waals surface area contributed by atoms with Gasteiger partial charge in [-0.1, -0.05) is 0 Å². The first kappa shape index (κ1) is 19.8. The van der Waals surface area contributed by atoms with Gasteiger partial charge < -0.3 is 19.9 Å². The van der Waals surface area contributed by atoms with Crippen LogP contribution in [0.3, 0.4) is 0 Å². The van der Waals surface area contributed by atoms with Gasteiger partial charge in [-0.3, -0.25) is 9.89 Å². The van der Waals surface area contributed by atoms with E-state index in [-0.39, 0.29) is 0 Å². The lowest BCUT2D eigenvalue weighted by atomic mass is 10.2. The van der Waals surface area contributed by atoms with Gasteiger partial charge in [-0.2, -0.15) is 0 Å². The highest BCUT2D eigenvalue weighted by Crippen LogP contribution is 2.27. The van der Waals surface area contributed by atoms with E-state index in [0.717, 1.165) is 50.5 Å². The Bertz CT molecular complexity index is 764. The fourth-order valence-corrected chi connectivity index (χ4v) is 4.13. The maximum Gasteiger partial charge on any atom is 0.191 e. The topological polar surface area (TPSA) is 79.6 Å². The molecule has 0 aliphatic carbocycles. The van der Waals surface area contributed by atoms with Crippen LogP contribution in [0.5, 0.6) is 0 Å². The molecule has 2 aromatic rings. The Morgan fingerprint density at radius 1 is 1.26 bits per heavy atom. The summed E-state index contributed by atoms with van der Waals surface area (Å²) in [6.45, 7) is 8.95. The maximum atomic E-state index is 5.53. The third-order valence-corrected chi connectivity index (χ3v) is 5.96. The highest BCUT2D eigenvalue weighted by Gasteiger charge is 2.24. The fourth-order valence-electron chi connectivity index (χ4n) is 3.11. The van der Waals surface area contributed by atoms with Gasteiger partial charge in [0.05, 0.1) is 25.8 Å². The van der Waals surface area contributed by atoms with Crippen LogP contribution in [0.1, 0.15) is 27.4 Å². The number of aliphatic imine (C=N–C) groups is 1. The lowest BCUT2D eigenvalue weighted by molar-refractivity contribution is 0.0177. The first-order chi connectivity index (χ1) is 13.1. The van der Waals surface area contributed by atoms with Gasteiger partial charge in [-0.15, -0.1) is 21.5 Å². The molecule has 0 bridgehead atoms. The predicted molar refractivity (Wildman–Crippen MR) is 108 cm³/mol. The SMILES string of the molecule is CN=C(NCc1nnc(C)n1C)NCC(c1ccc(C)s1)N1CCOCC1. The van der Waals surface area contributed by atoms with Gasteiger partial charge in [-0.05, 0) is 26.0 Å². The highest BCUT2D eigenvalue weighted by molar-refractivity contribution is 7.12. The highest BCUT2D eigenvalue weighted by atomic mass is 32.1. The van der Waals surface area contributed by atoms with E-state index in [9.17, 15) is 0 Å². The summed E-state index contributed by atoms with van der Waals surface area (Å²) < 4.78 is 7.51. The number of aromatic nitrogens is 3. The smallest absolute Gasteiger partial charge is 0.191 e. The van der Waals surface area contributed by atoms with E-state index >= 15 is 0 Å². The molecule has 148 valence electrons. The van der Waals surface area contributed by atoms with Crippen molar-refractivity contribution in [2.75, 3.05) is 39.9 Å². The van der Waals surface area contributed by atoms with E-state index in [4.69, 9.17) is 4.74 Å². The van der Waals surface area contributed by atoms with E-state index < -0.39 is 0 Å². The normalized spacial score (nSPS) is 17.1. The molecule has 1 aliphatic heterocycles. The van der Waals surface area contributed by atoms with Crippen molar-refractivity contribution in [2.45, 2.75) is 26.4 Å². The summed E-state index contributed by atoms with van der Waals surface area (Å²) in [6, 6.07) is 4.74. The van der Waals surface area contributed by atoms with Gasteiger partial charge in [0.2, 0.25) is 0 Å². The second-order valence-corrected chi connectivity index (χ2v) is 7.96. The minimum absolute atomic E-state index is 0.309. The van der Waals surface area contributed by atoms with Gasteiger partial charge in [-0.25, -0.2) is 0 Å². The molecule has 0 spiro atoms. The molecule has 1 fully saturated rings. The Kier molecular flexibility index (Phi) is 6.81. The van der Waals surface area contributed by atoms with Gasteiger partial charge >= 0.3 is 0 Å². The van der Waals surface area contributed by atoms with Crippen molar-refractivity contribution in [1.29, 1.82) is 0 Å². The summed E-state index contributed by atoms with van der Waals surface area (Å²) in [4.78, 5) is 9.55. The summed E-state index contributed by atoms with van der Waals surface area (Å²) in [7, 11) is 3.76. The van der Waals surface area contributed by atoms with Crippen LogP contribution in [0.2, 0.25) is 0 Å². The van der Waals surface area contributed by atoms with Gasteiger partial charge in [0, 0.05) is 43.5 Å². The Labute approximate surface area is 164 Å². The number of ether oxygens (including phenoxy) is 1. The molecule has 1 atom stereocenters. The molecule has 1 aliphatic rings. The molecule has 3 rings (SSSR count). The van der Waals surface area contributed by atoms with Crippen LogP contribution in [0.25, 0.3) is 0 Å². The number of hydrogen-bond donors (Lipinski definition) is 2. The molecule has 0 saturated carbocycles. The Morgan fingerprint density at radius 3 is 2.63 bits per heavy atom. The zero-order chi connectivity index (χ0) is 19.2. The van der Waals surface area contributed by atoms with Gasteiger partial charge in [0.15, 0.2) is 11.8 Å². The lowest BCUT2D eigenvalue weighted by Gasteiger charge is -2.34. The summed E-state index contributed by atoms with van der Waals surface area (Å²) >= 11 is 1.86. The molecule has 0 amide bonds. The first-order valence-electron chi connectivity index (χ1n) is 9.26. The molecule has 3 heterocycles. The minimum atomic E-state index is 0.309. The number of guanidine groups is 1. The lowest BCUT2D eigenvalue weighted by Crippen LogP contribution is -2.46. The Morgan fingerprint density at radius 2 is 2.04 bits per heavy atom. The van der Waals surface area contributed by atoms with Crippen molar-refractivity contribution in [2.24, 2.45) is 12.0 Å². The van der Waals surface area contributed by atoms with Crippen LogP contribution in [-0.2, 0) is 18.3 Å². The third-order valence-electron chi connectivity index (χ3n) is 4.86. The van der Waals surface area contributed by atoms with Crippen molar-refractivity contribution in [3.05, 3.63) is 33.5 Å². The van der Waals surface area contributed by atoms with Crippen molar-refractivity contribution in [3.8, 4) is 0 Å². The number of hydrogen-bond acceptors (Lipinski definition) is 6. The average molecular weight is 392 g/mol. The first-order valence-corrected chi connectivity index (χ1v) is 10.1. The van der Waals surface area contributed by atoms with E-state index in [1.807, 2.05) is 29.9 Å². The number of morpholine rings is 1. The van der Waals surface area contributed by atoms with E-state index in [2.05, 4.69) is 49.8 Å². The zero-order valence-electron chi connectivity index (χ0n) is 16.5. The summed E-state index contributed by atoms with van der Waals surface area (Å²) in [5, 5.41) is 15.1. The van der Waals surface area contributed by atoms with Crippen LogP contribution < -0.4 is 10.6 Å². The largest absolute Gasteiger partial charge is 0.379 e. The van der Waals surface area contributed by atoms with Crippen LogP contribution in [0.4, 0.5) is 0 Å². The molecule has 9 heteroatoms. The van der Waals surface area contributed by atoms with E-state index in [1.165, 1.54) is 9.75 Å². The van der Waals surface area contributed by atoms with Crippen molar-refractivity contribution in [3.63, 3.8) is 0 Å². The van der Waals surface area contributed by atoms with E-state index in [0.29, 0.717) is 12.6 Å². The third kappa shape index (κ3) is 5.06. The molecule has 27 heavy (non-hydrogen) atoms. The molecule has 2 aromatic heterocycles. The van der Waals surface area contributed by atoms with Crippen LogP contribution in [0.15, 0.2) is 17.1 Å². The number of thiophene rings is 1. The van der Waals surface area contributed by atoms with Crippen molar-refractivity contribution < 1.29 is 4.74 Å². The molecular weight excluding hydrogens is 362 g/mol. The monoisotopic (exact) mass is 391 g/mol.